The molecule has 14 nitrogen and oxygen atoms in total. The molecule has 14 heteroatoms. The highest BCUT2D eigenvalue weighted by atomic mass is 16.2. The normalized spacial score (nSPS) is 18.5. The molecule has 0 aliphatic carbocycles. The molecule has 7 rings (SSSR count). The summed E-state index contributed by atoms with van der Waals surface area (Å²) < 4.78 is 0. The third-order valence-electron chi connectivity index (χ3n) is 12.2. The van der Waals surface area contributed by atoms with Gasteiger partial charge in [0.05, 0.1) is 0 Å². The first-order valence-corrected chi connectivity index (χ1v) is 22.0. The van der Waals surface area contributed by atoms with Gasteiger partial charge in [-0.3, -0.25) is 39.2 Å². The van der Waals surface area contributed by atoms with Crippen molar-refractivity contribution in [3.63, 3.8) is 0 Å². The molecule has 61 heavy (non-hydrogen) atoms. The van der Waals surface area contributed by atoms with Crippen LogP contribution in [0, 0.1) is 17.8 Å². The van der Waals surface area contributed by atoms with Crippen LogP contribution in [-0.2, 0) is 20.9 Å². The van der Waals surface area contributed by atoms with Gasteiger partial charge in [0, 0.05) is 94.8 Å². The van der Waals surface area contributed by atoms with Gasteiger partial charge in [0.2, 0.25) is 17.7 Å². The van der Waals surface area contributed by atoms with Crippen molar-refractivity contribution in [2.75, 3.05) is 57.3 Å². The molecule has 0 spiro atoms. The van der Waals surface area contributed by atoms with E-state index in [1.807, 2.05) is 41.3 Å². The quantitative estimate of drug-likeness (QED) is 0.0904. The maximum atomic E-state index is 13.2. The van der Waals surface area contributed by atoms with Crippen LogP contribution in [0.2, 0.25) is 0 Å². The van der Waals surface area contributed by atoms with Gasteiger partial charge in [0.25, 0.3) is 11.8 Å². The number of fused-ring (bicyclic) bond motifs is 1. The zero-order valence-electron chi connectivity index (χ0n) is 35.0. The summed E-state index contributed by atoms with van der Waals surface area (Å²) in [7, 11) is 0. The Balaban J connectivity index is 0.717. The second kappa shape index (κ2) is 21.5. The van der Waals surface area contributed by atoms with E-state index in [1.54, 1.807) is 35.5 Å². The predicted octanol–water partition coefficient (Wildman–Crippen LogP) is 4.61. The lowest BCUT2D eigenvalue weighted by Gasteiger charge is -2.35. The van der Waals surface area contributed by atoms with Gasteiger partial charge in [-0.1, -0.05) is 43.6 Å². The Morgan fingerprint density at radius 1 is 0.885 bits per heavy atom. The molecule has 320 valence electrons. The number of carbonyl (C=O) groups is 5. The molecular formula is C47H57N9O5. The lowest BCUT2D eigenvalue weighted by molar-refractivity contribution is -0.137. The lowest BCUT2D eigenvalue weighted by atomic mass is 9.91. The number of imide groups is 1. The molecule has 1 aromatic carbocycles. The maximum Gasteiger partial charge on any atom is 0.274 e. The highest BCUT2D eigenvalue weighted by Crippen LogP contribution is 2.28. The van der Waals surface area contributed by atoms with Crippen molar-refractivity contribution in [3.8, 4) is 11.8 Å². The molecule has 6 heterocycles. The van der Waals surface area contributed by atoms with Crippen molar-refractivity contribution in [3.05, 3.63) is 88.9 Å². The number of amides is 5. The molecule has 2 aromatic heterocycles. The van der Waals surface area contributed by atoms with E-state index in [1.165, 1.54) is 0 Å². The molecule has 2 N–H and O–H groups in total. The molecule has 0 saturated carbocycles. The fraction of sp³-hybridized carbons (Fsp3) is 0.489. The Morgan fingerprint density at radius 2 is 1.72 bits per heavy atom. The van der Waals surface area contributed by atoms with Crippen LogP contribution in [0.15, 0.2) is 60.9 Å². The number of nitrogens with zero attached hydrogens (tertiary/aromatic N) is 7. The van der Waals surface area contributed by atoms with Crippen LogP contribution in [0.5, 0.6) is 0 Å². The predicted molar refractivity (Wildman–Crippen MR) is 232 cm³/mol. The van der Waals surface area contributed by atoms with E-state index in [2.05, 4.69) is 47.5 Å². The van der Waals surface area contributed by atoms with E-state index in [0.29, 0.717) is 36.7 Å². The minimum atomic E-state index is -0.611. The number of piperazine rings is 1. The summed E-state index contributed by atoms with van der Waals surface area (Å²) in [6.07, 6.45) is 17.7. The molecule has 3 aromatic rings. The van der Waals surface area contributed by atoms with Crippen LogP contribution in [-0.4, -0.2) is 118 Å². The van der Waals surface area contributed by atoms with Crippen molar-refractivity contribution in [1.29, 1.82) is 0 Å². The van der Waals surface area contributed by atoms with Crippen LogP contribution in [0.1, 0.15) is 115 Å². The zero-order valence-corrected chi connectivity index (χ0v) is 35.0. The van der Waals surface area contributed by atoms with Gasteiger partial charge in [0.15, 0.2) is 11.5 Å². The highest BCUT2D eigenvalue weighted by Gasteiger charge is 2.39. The number of unbranched alkanes of at least 4 members (excludes halogenated alkanes) is 5. The standard InChI is InChI=1S/C47H57N9O5/c57-43(19-14-37-12-9-23-48-33-37)49-24-7-6-10-35-21-26-55(27-22-35)47(61)40-16-18-42(52-51-40)54-30-28-53(29-31-54)25-8-4-2-1-3-5-11-36-13-15-39-38(32-36)34-56(46(39)60)41-17-20-44(58)50-45(41)59/h9,12-16,18-19,23,32-33,35,41H,1-4,6-8,10,17,20-22,24-31,34H2,(H,49,57)(H,50,58,59)/b19-14+. The molecule has 1 atom stereocenters. The summed E-state index contributed by atoms with van der Waals surface area (Å²) >= 11 is 0. The van der Waals surface area contributed by atoms with E-state index in [4.69, 9.17) is 0 Å². The van der Waals surface area contributed by atoms with Gasteiger partial charge in [-0.2, -0.15) is 0 Å². The number of nitrogens with one attached hydrogen (secondary N) is 2. The fourth-order valence-electron chi connectivity index (χ4n) is 8.59. The fourth-order valence-corrected chi connectivity index (χ4v) is 8.59. The number of carbonyl (C=O) groups excluding carboxylic acids is 5. The van der Waals surface area contributed by atoms with Crippen molar-refractivity contribution >= 4 is 41.4 Å². The average molecular weight is 828 g/mol. The topological polar surface area (TPSA) is 161 Å². The Hall–Kier alpha value is -5.94. The van der Waals surface area contributed by atoms with E-state index in [-0.39, 0.29) is 30.0 Å². The number of hydrogen-bond acceptors (Lipinski definition) is 10. The first-order valence-electron chi connectivity index (χ1n) is 22.0. The number of anilines is 1. The van der Waals surface area contributed by atoms with Crippen molar-refractivity contribution in [2.24, 2.45) is 5.92 Å². The summed E-state index contributed by atoms with van der Waals surface area (Å²) in [6, 6.07) is 12.5. The van der Waals surface area contributed by atoms with Crippen LogP contribution in [0.4, 0.5) is 5.82 Å². The van der Waals surface area contributed by atoms with Crippen LogP contribution in [0.25, 0.3) is 6.08 Å². The number of piperidine rings is 2. The van der Waals surface area contributed by atoms with Gasteiger partial charge in [-0.25, -0.2) is 0 Å². The summed E-state index contributed by atoms with van der Waals surface area (Å²) in [5.74, 6) is 6.95. The van der Waals surface area contributed by atoms with Crippen molar-refractivity contribution in [1.82, 2.24) is 40.5 Å². The maximum absolute atomic E-state index is 13.2. The Bertz CT molecular complexity index is 2100. The lowest BCUT2D eigenvalue weighted by Crippen LogP contribution is -2.52. The molecule has 4 aliphatic heterocycles. The number of benzene rings is 1. The number of aromatic nitrogens is 3. The molecule has 0 bridgehead atoms. The second-order valence-electron chi connectivity index (χ2n) is 16.5. The highest BCUT2D eigenvalue weighted by molar-refractivity contribution is 6.05. The molecule has 3 fully saturated rings. The third-order valence-corrected chi connectivity index (χ3v) is 12.2. The van der Waals surface area contributed by atoms with E-state index in [9.17, 15) is 24.0 Å². The first kappa shape index (κ1) is 43.2. The van der Waals surface area contributed by atoms with Crippen molar-refractivity contribution in [2.45, 2.75) is 89.6 Å². The van der Waals surface area contributed by atoms with Gasteiger partial charge >= 0.3 is 0 Å². The van der Waals surface area contributed by atoms with Crippen LogP contribution < -0.4 is 15.5 Å². The molecule has 5 amide bonds. The largest absolute Gasteiger partial charge is 0.353 e. The summed E-state index contributed by atoms with van der Waals surface area (Å²) in [5, 5.41) is 14.1. The van der Waals surface area contributed by atoms with Gasteiger partial charge in [-0.15, -0.1) is 10.2 Å². The summed E-state index contributed by atoms with van der Waals surface area (Å²) in [4.78, 5) is 74.4. The molecule has 3 saturated heterocycles. The van der Waals surface area contributed by atoms with Gasteiger partial charge in [-0.05, 0) is 105 Å². The van der Waals surface area contributed by atoms with E-state index in [0.717, 1.165) is 133 Å². The second-order valence-corrected chi connectivity index (χ2v) is 16.5. The Kier molecular flexibility index (Phi) is 15.2. The third kappa shape index (κ3) is 12.1. The number of pyridine rings is 1. The number of likely N-dealkylation sites (tertiary alicyclic amines) is 1. The smallest absolute Gasteiger partial charge is 0.274 e. The molecule has 0 radical (unpaired) electrons. The Morgan fingerprint density at radius 3 is 2.49 bits per heavy atom. The number of hydrogen-bond donors (Lipinski definition) is 2. The molecule has 4 aliphatic rings. The summed E-state index contributed by atoms with van der Waals surface area (Å²) in [5.41, 5.74) is 3.65. The zero-order chi connectivity index (χ0) is 42.4. The van der Waals surface area contributed by atoms with Gasteiger partial charge in [0.1, 0.15) is 6.04 Å². The molecule has 1 unspecified atom stereocenters. The van der Waals surface area contributed by atoms with Gasteiger partial charge < -0.3 is 20.0 Å². The van der Waals surface area contributed by atoms with E-state index >= 15 is 0 Å². The first-order chi connectivity index (χ1) is 29.8. The monoisotopic (exact) mass is 827 g/mol. The average Bonchev–Trinajstić information content (AvgIpc) is 3.61. The minimum Gasteiger partial charge on any atom is -0.353 e. The van der Waals surface area contributed by atoms with Crippen LogP contribution >= 0.6 is 0 Å². The SMILES string of the molecule is O=C(/C=C/c1cccnc1)NCCCCC1CCN(C(=O)c2ccc(N3CCN(CCCCCCC#Cc4ccc5c(c4)CN(C4CCC(=O)NC4=O)C5=O)CC3)nn2)CC1. The molecular weight excluding hydrogens is 771 g/mol. The number of rotatable bonds is 16. The Labute approximate surface area is 358 Å². The van der Waals surface area contributed by atoms with Crippen LogP contribution in [0.3, 0.4) is 0 Å². The summed E-state index contributed by atoms with van der Waals surface area (Å²) in [6.45, 7) is 7.26. The minimum absolute atomic E-state index is 0.0455. The van der Waals surface area contributed by atoms with E-state index < -0.39 is 11.9 Å². The van der Waals surface area contributed by atoms with Crippen molar-refractivity contribution < 1.29 is 24.0 Å².